The summed E-state index contributed by atoms with van der Waals surface area (Å²) in [6.07, 6.45) is 0. The highest BCUT2D eigenvalue weighted by Crippen LogP contribution is 2.32. The van der Waals surface area contributed by atoms with Crippen LogP contribution in [0.3, 0.4) is 0 Å². The molecule has 1 amide bonds. The van der Waals surface area contributed by atoms with Crippen molar-refractivity contribution < 1.29 is 23.1 Å². The van der Waals surface area contributed by atoms with Gasteiger partial charge in [0.2, 0.25) is 5.91 Å². The van der Waals surface area contributed by atoms with Crippen molar-refractivity contribution in [2.75, 3.05) is 29.1 Å². The summed E-state index contributed by atoms with van der Waals surface area (Å²) >= 11 is 0. The van der Waals surface area contributed by atoms with Crippen LogP contribution in [-0.4, -0.2) is 44.2 Å². The van der Waals surface area contributed by atoms with Gasteiger partial charge in [-0.1, -0.05) is 0 Å². The molecule has 0 aliphatic carbocycles. The Morgan fingerprint density at radius 1 is 1.09 bits per heavy atom. The molecule has 0 bridgehead atoms. The number of benzene rings is 2. The van der Waals surface area contributed by atoms with E-state index in [0.29, 0.717) is 11.4 Å². The van der Waals surface area contributed by atoms with Crippen molar-refractivity contribution in [3.05, 3.63) is 42.0 Å². The lowest BCUT2D eigenvalue weighted by molar-refractivity contribution is -0.134. The Kier molecular flexibility index (Phi) is 8.03. The van der Waals surface area contributed by atoms with Crippen LogP contribution in [0.15, 0.2) is 51.5 Å². The van der Waals surface area contributed by atoms with Crippen LogP contribution in [0.2, 0.25) is 0 Å². The summed E-state index contributed by atoms with van der Waals surface area (Å²) in [6.45, 7) is 6.95. The van der Waals surface area contributed by atoms with E-state index in [-0.39, 0.29) is 22.1 Å². The third-order valence-corrected chi connectivity index (χ3v) is 6.05. The van der Waals surface area contributed by atoms with Crippen molar-refractivity contribution >= 4 is 44.5 Å². The van der Waals surface area contributed by atoms with Gasteiger partial charge in [0.15, 0.2) is 15.6 Å². The van der Waals surface area contributed by atoms with E-state index in [1.807, 2.05) is 26.0 Å². The van der Waals surface area contributed by atoms with Crippen LogP contribution in [0.5, 0.6) is 0 Å². The van der Waals surface area contributed by atoms with Gasteiger partial charge < -0.3 is 15.3 Å². The van der Waals surface area contributed by atoms with Crippen LogP contribution in [0, 0.1) is 11.3 Å². The standard InChI is InChI=1S/C21H23N5O5S/c1-4-26(5-2)16-6-8-19(20(11-16)23-14(3)27)25-24-18-9-7-17(10-15(18)12-22)32(30,31)13-21(28)29/h6-11H,4-5,13H2,1-3H3,(H,23,27)(H,28,29). The Bertz CT molecular complexity index is 1200. The Balaban J connectivity index is 2.45. The van der Waals surface area contributed by atoms with Crippen LogP contribution < -0.4 is 10.2 Å². The number of nitrogens with zero attached hydrogens (tertiary/aromatic N) is 4. The first kappa shape index (κ1) is 24.5. The molecular weight excluding hydrogens is 434 g/mol. The van der Waals surface area contributed by atoms with E-state index in [9.17, 15) is 23.3 Å². The number of amides is 1. The molecule has 0 saturated heterocycles. The number of hydrogen-bond donors (Lipinski definition) is 2. The fraction of sp³-hybridized carbons (Fsp3) is 0.286. The molecule has 0 fully saturated rings. The SMILES string of the molecule is CCN(CC)c1ccc(N=Nc2ccc(S(=O)(=O)CC(=O)O)cc2C#N)c(NC(C)=O)c1. The molecule has 0 unspecified atom stereocenters. The van der Waals surface area contributed by atoms with E-state index in [1.165, 1.54) is 19.1 Å². The molecule has 2 aromatic carbocycles. The highest BCUT2D eigenvalue weighted by Gasteiger charge is 2.20. The number of azo groups is 1. The number of nitrogens with one attached hydrogen (secondary N) is 1. The van der Waals surface area contributed by atoms with Gasteiger partial charge in [0.1, 0.15) is 17.4 Å². The molecule has 0 atom stereocenters. The lowest BCUT2D eigenvalue weighted by Crippen LogP contribution is -2.21. The molecule has 2 rings (SSSR count). The first-order chi connectivity index (χ1) is 15.1. The predicted octanol–water partition coefficient (Wildman–Crippen LogP) is 3.64. The summed E-state index contributed by atoms with van der Waals surface area (Å²) in [5.74, 6) is -2.87. The van der Waals surface area contributed by atoms with E-state index in [1.54, 1.807) is 12.1 Å². The van der Waals surface area contributed by atoms with Gasteiger partial charge in [-0.15, -0.1) is 10.2 Å². The van der Waals surface area contributed by atoms with Crippen LogP contribution in [0.4, 0.5) is 22.7 Å². The second-order valence-corrected chi connectivity index (χ2v) is 8.69. The Morgan fingerprint density at radius 3 is 2.28 bits per heavy atom. The average Bonchev–Trinajstić information content (AvgIpc) is 2.72. The van der Waals surface area contributed by atoms with Gasteiger partial charge >= 0.3 is 5.97 Å². The van der Waals surface area contributed by atoms with E-state index in [0.717, 1.165) is 24.8 Å². The third-order valence-electron chi connectivity index (χ3n) is 4.45. The number of nitriles is 1. The fourth-order valence-electron chi connectivity index (χ4n) is 2.93. The zero-order valence-corrected chi connectivity index (χ0v) is 18.7. The van der Waals surface area contributed by atoms with E-state index in [4.69, 9.17) is 5.11 Å². The molecule has 0 spiro atoms. The van der Waals surface area contributed by atoms with E-state index in [2.05, 4.69) is 20.4 Å². The number of carbonyl (C=O) groups is 2. The van der Waals surface area contributed by atoms with E-state index >= 15 is 0 Å². The quantitative estimate of drug-likeness (QED) is 0.545. The molecule has 2 N–H and O–H groups in total. The number of sulfone groups is 1. The maximum atomic E-state index is 12.1. The van der Waals surface area contributed by atoms with Crippen molar-refractivity contribution in [3.63, 3.8) is 0 Å². The molecule has 2 aromatic rings. The molecule has 0 heterocycles. The minimum atomic E-state index is -4.09. The number of rotatable bonds is 9. The average molecular weight is 458 g/mol. The molecule has 0 radical (unpaired) electrons. The summed E-state index contributed by atoms with van der Waals surface area (Å²) in [4.78, 5) is 24.2. The maximum Gasteiger partial charge on any atom is 0.319 e. The van der Waals surface area contributed by atoms with Crippen LogP contribution in [0.25, 0.3) is 0 Å². The second-order valence-electron chi connectivity index (χ2n) is 6.70. The van der Waals surface area contributed by atoms with Gasteiger partial charge in [-0.3, -0.25) is 9.59 Å². The molecule has 0 aliphatic rings. The minimum Gasteiger partial charge on any atom is -0.480 e. The normalized spacial score (nSPS) is 11.2. The number of carboxylic acid groups (broad SMARTS) is 1. The lowest BCUT2D eigenvalue weighted by Gasteiger charge is -2.22. The van der Waals surface area contributed by atoms with Gasteiger partial charge in [-0.25, -0.2) is 8.42 Å². The van der Waals surface area contributed by atoms with Gasteiger partial charge in [-0.05, 0) is 50.2 Å². The summed E-state index contributed by atoms with van der Waals surface area (Å²) < 4.78 is 24.2. The molecule has 0 saturated carbocycles. The third kappa shape index (κ3) is 6.12. The minimum absolute atomic E-state index is 0.0824. The second kappa shape index (κ2) is 10.5. The zero-order chi connectivity index (χ0) is 23.9. The zero-order valence-electron chi connectivity index (χ0n) is 17.9. The smallest absolute Gasteiger partial charge is 0.319 e. The Morgan fingerprint density at radius 2 is 1.72 bits per heavy atom. The number of carboxylic acids is 1. The van der Waals surface area contributed by atoms with Crippen molar-refractivity contribution in [2.45, 2.75) is 25.7 Å². The lowest BCUT2D eigenvalue weighted by atomic mass is 10.2. The number of aliphatic carboxylic acids is 1. The monoisotopic (exact) mass is 457 g/mol. The summed E-state index contributed by atoms with van der Waals surface area (Å²) in [5, 5.41) is 29.0. The van der Waals surface area contributed by atoms with Gasteiger partial charge in [0, 0.05) is 25.7 Å². The van der Waals surface area contributed by atoms with Gasteiger partial charge in [-0.2, -0.15) is 5.26 Å². The van der Waals surface area contributed by atoms with Crippen molar-refractivity contribution in [1.29, 1.82) is 5.26 Å². The van der Waals surface area contributed by atoms with Crippen LogP contribution in [0.1, 0.15) is 26.3 Å². The summed E-state index contributed by atoms with van der Waals surface area (Å²) in [6, 6.07) is 10.6. The molecule has 10 nitrogen and oxygen atoms in total. The molecule has 0 aliphatic heterocycles. The fourth-order valence-corrected chi connectivity index (χ4v) is 3.99. The molecule has 32 heavy (non-hydrogen) atoms. The maximum absolute atomic E-state index is 12.1. The number of hydrogen-bond acceptors (Lipinski definition) is 8. The van der Waals surface area contributed by atoms with Crippen molar-refractivity contribution in [2.24, 2.45) is 10.2 Å². The van der Waals surface area contributed by atoms with Crippen LogP contribution >= 0.6 is 0 Å². The molecule has 168 valence electrons. The first-order valence-electron chi connectivity index (χ1n) is 9.68. The Hall–Kier alpha value is -3.78. The molecule has 0 aromatic heterocycles. The van der Waals surface area contributed by atoms with Crippen molar-refractivity contribution in [1.82, 2.24) is 0 Å². The molecular formula is C21H23N5O5S. The summed E-state index contributed by atoms with van der Waals surface area (Å²) in [5.41, 5.74) is 1.69. The Labute approximate surface area is 186 Å². The largest absolute Gasteiger partial charge is 0.480 e. The summed E-state index contributed by atoms with van der Waals surface area (Å²) in [7, 11) is -4.09. The highest BCUT2D eigenvalue weighted by atomic mass is 32.2. The number of anilines is 2. The van der Waals surface area contributed by atoms with Crippen molar-refractivity contribution in [3.8, 4) is 6.07 Å². The first-order valence-corrected chi connectivity index (χ1v) is 11.3. The van der Waals surface area contributed by atoms with Gasteiger partial charge in [0.05, 0.1) is 16.1 Å². The van der Waals surface area contributed by atoms with Crippen LogP contribution in [-0.2, 0) is 19.4 Å². The van der Waals surface area contributed by atoms with Gasteiger partial charge in [0.25, 0.3) is 0 Å². The number of carbonyl (C=O) groups excluding carboxylic acids is 1. The van der Waals surface area contributed by atoms with E-state index < -0.39 is 21.6 Å². The molecule has 11 heteroatoms. The topological polar surface area (TPSA) is 152 Å². The predicted molar refractivity (Wildman–Crippen MR) is 119 cm³/mol. The highest BCUT2D eigenvalue weighted by molar-refractivity contribution is 7.92.